The summed E-state index contributed by atoms with van der Waals surface area (Å²) < 4.78 is 0. The van der Waals surface area contributed by atoms with Crippen LogP contribution in [0, 0.1) is 5.41 Å². The second kappa shape index (κ2) is 2.91. The molecule has 0 bridgehead atoms. The van der Waals surface area contributed by atoms with Crippen molar-refractivity contribution in [1.82, 2.24) is 0 Å². The molecule has 1 atom stereocenters. The summed E-state index contributed by atoms with van der Waals surface area (Å²) in [5.74, 6) is 0. The Labute approximate surface area is 80.1 Å². The molecule has 2 N–H and O–H groups in total. The zero-order chi connectivity index (χ0) is 10.3. The largest absolute Gasteiger partial charge is 0.302 e. The van der Waals surface area contributed by atoms with Crippen molar-refractivity contribution < 1.29 is 0 Å². The van der Waals surface area contributed by atoms with Gasteiger partial charge in [0.2, 0.25) is 0 Å². The molecule has 0 aromatic carbocycles. The van der Waals surface area contributed by atoms with Crippen molar-refractivity contribution in [2.45, 2.75) is 46.7 Å². The molecule has 74 valence electrons. The molecular weight excluding hydrogens is 162 g/mol. The highest BCUT2D eigenvalue weighted by molar-refractivity contribution is 5.29. The van der Waals surface area contributed by atoms with Gasteiger partial charge in [-0.2, -0.15) is 10.2 Å². The first-order valence-corrected chi connectivity index (χ1v) is 4.75. The fraction of sp³-hybridized carbons (Fsp3) is 0.800. The van der Waals surface area contributed by atoms with Crippen LogP contribution in [0.4, 0.5) is 0 Å². The van der Waals surface area contributed by atoms with Gasteiger partial charge in [-0.1, -0.05) is 27.7 Å². The van der Waals surface area contributed by atoms with E-state index in [0.717, 1.165) is 12.1 Å². The molecule has 0 aliphatic carbocycles. The molecule has 1 unspecified atom stereocenters. The monoisotopic (exact) mass is 181 g/mol. The van der Waals surface area contributed by atoms with Crippen LogP contribution in [0.2, 0.25) is 0 Å². The Morgan fingerprint density at radius 2 is 1.92 bits per heavy atom. The lowest BCUT2D eigenvalue weighted by atomic mass is 9.76. The minimum atomic E-state index is -0.591. The van der Waals surface area contributed by atoms with E-state index in [0.29, 0.717) is 0 Å². The topological polar surface area (TPSA) is 50.7 Å². The van der Waals surface area contributed by atoms with Gasteiger partial charge in [0.1, 0.15) is 0 Å². The van der Waals surface area contributed by atoms with Crippen LogP contribution >= 0.6 is 0 Å². The fourth-order valence-electron chi connectivity index (χ4n) is 1.68. The lowest BCUT2D eigenvalue weighted by molar-refractivity contribution is 0.231. The van der Waals surface area contributed by atoms with E-state index in [-0.39, 0.29) is 5.41 Å². The Morgan fingerprint density at radius 1 is 1.38 bits per heavy atom. The van der Waals surface area contributed by atoms with E-state index < -0.39 is 5.66 Å². The van der Waals surface area contributed by atoms with E-state index >= 15 is 0 Å². The highest BCUT2D eigenvalue weighted by Gasteiger charge is 2.44. The lowest BCUT2D eigenvalue weighted by Gasteiger charge is -2.36. The van der Waals surface area contributed by atoms with Gasteiger partial charge in [0, 0.05) is 5.41 Å². The van der Waals surface area contributed by atoms with Crippen LogP contribution in [-0.4, -0.2) is 5.66 Å². The highest BCUT2D eigenvalue weighted by Crippen LogP contribution is 2.42. The molecule has 0 radical (unpaired) electrons. The Kier molecular flexibility index (Phi) is 2.32. The van der Waals surface area contributed by atoms with Crippen molar-refractivity contribution >= 4 is 0 Å². The van der Waals surface area contributed by atoms with E-state index in [2.05, 4.69) is 37.9 Å². The summed E-state index contributed by atoms with van der Waals surface area (Å²) in [7, 11) is 0. The van der Waals surface area contributed by atoms with Crippen LogP contribution in [0.15, 0.2) is 21.5 Å². The Hall–Kier alpha value is -0.700. The van der Waals surface area contributed by atoms with E-state index in [4.69, 9.17) is 5.73 Å². The van der Waals surface area contributed by atoms with Crippen molar-refractivity contribution in [1.29, 1.82) is 0 Å². The molecule has 1 aliphatic heterocycles. The van der Waals surface area contributed by atoms with Gasteiger partial charge in [0.15, 0.2) is 5.66 Å². The molecule has 0 aromatic rings. The predicted molar refractivity (Wildman–Crippen MR) is 54.2 cm³/mol. The van der Waals surface area contributed by atoms with Crippen molar-refractivity contribution in [2.75, 3.05) is 0 Å². The number of allylic oxidation sites excluding steroid dienone is 1. The molecule has 0 saturated carbocycles. The van der Waals surface area contributed by atoms with Gasteiger partial charge in [-0.05, 0) is 18.9 Å². The number of hydrogen-bond acceptors (Lipinski definition) is 3. The van der Waals surface area contributed by atoms with Crippen LogP contribution < -0.4 is 5.73 Å². The van der Waals surface area contributed by atoms with E-state index in [1.165, 1.54) is 5.57 Å². The fourth-order valence-corrected chi connectivity index (χ4v) is 1.68. The third kappa shape index (κ3) is 1.41. The molecular formula is C10H19N3. The van der Waals surface area contributed by atoms with Gasteiger partial charge in [0.05, 0.1) is 5.70 Å². The van der Waals surface area contributed by atoms with Gasteiger partial charge in [0.25, 0.3) is 0 Å². The van der Waals surface area contributed by atoms with Crippen molar-refractivity contribution in [3.63, 3.8) is 0 Å². The third-order valence-corrected chi connectivity index (χ3v) is 2.75. The average molecular weight is 181 g/mol. The van der Waals surface area contributed by atoms with Crippen LogP contribution in [0.1, 0.15) is 41.0 Å². The lowest BCUT2D eigenvalue weighted by Crippen LogP contribution is -2.50. The normalized spacial score (nSPS) is 28.8. The number of hydrogen-bond donors (Lipinski definition) is 1. The van der Waals surface area contributed by atoms with Gasteiger partial charge in [-0.3, -0.25) is 0 Å². The van der Waals surface area contributed by atoms with E-state index in [1.807, 2.05) is 6.92 Å². The molecule has 0 spiro atoms. The zero-order valence-corrected chi connectivity index (χ0v) is 9.18. The third-order valence-electron chi connectivity index (χ3n) is 2.75. The molecule has 0 aromatic heterocycles. The standard InChI is InChI=1S/C10H19N3/c1-6-8-7(2)12-13-10(8,11)9(3,4)5/h6,11H2,1-5H3. The minimum absolute atomic E-state index is 0.0698. The molecule has 1 rings (SSSR count). The molecule has 1 heterocycles. The van der Waals surface area contributed by atoms with Crippen LogP contribution in [-0.2, 0) is 0 Å². The first-order valence-electron chi connectivity index (χ1n) is 4.75. The number of rotatable bonds is 1. The molecule has 13 heavy (non-hydrogen) atoms. The minimum Gasteiger partial charge on any atom is -0.302 e. The summed E-state index contributed by atoms with van der Waals surface area (Å²) in [6, 6.07) is 0. The quantitative estimate of drug-likeness (QED) is 0.664. The van der Waals surface area contributed by atoms with Crippen molar-refractivity contribution in [3.8, 4) is 0 Å². The first kappa shape index (κ1) is 10.4. The number of nitrogens with zero attached hydrogens (tertiary/aromatic N) is 2. The summed E-state index contributed by atoms with van der Waals surface area (Å²) in [4.78, 5) is 0. The average Bonchev–Trinajstić information content (AvgIpc) is 2.27. The maximum absolute atomic E-state index is 6.26. The van der Waals surface area contributed by atoms with Crippen molar-refractivity contribution in [2.24, 2.45) is 21.4 Å². The Balaban J connectivity index is 3.15. The summed E-state index contributed by atoms with van der Waals surface area (Å²) in [6.45, 7) is 10.4. The Morgan fingerprint density at radius 3 is 2.23 bits per heavy atom. The van der Waals surface area contributed by atoms with Gasteiger partial charge >= 0.3 is 0 Å². The maximum atomic E-state index is 6.26. The molecule has 3 nitrogen and oxygen atoms in total. The van der Waals surface area contributed by atoms with Crippen LogP contribution in [0.25, 0.3) is 0 Å². The van der Waals surface area contributed by atoms with E-state index in [9.17, 15) is 0 Å². The summed E-state index contributed by atoms with van der Waals surface area (Å²) >= 11 is 0. The number of nitrogens with two attached hydrogens (primary N) is 1. The molecule has 1 aliphatic rings. The van der Waals surface area contributed by atoms with Gasteiger partial charge in [-0.15, -0.1) is 0 Å². The SMILES string of the molecule is CCC1=C(C)N=NC1(N)C(C)(C)C. The second-order valence-corrected chi connectivity index (χ2v) is 4.63. The summed E-state index contributed by atoms with van der Waals surface area (Å²) in [5.41, 5.74) is 7.75. The molecule has 0 saturated heterocycles. The highest BCUT2D eigenvalue weighted by atomic mass is 15.3. The summed E-state index contributed by atoms with van der Waals surface area (Å²) in [5, 5.41) is 8.29. The van der Waals surface area contributed by atoms with Crippen LogP contribution in [0.3, 0.4) is 0 Å². The van der Waals surface area contributed by atoms with Gasteiger partial charge in [-0.25, -0.2) is 0 Å². The van der Waals surface area contributed by atoms with Gasteiger partial charge < -0.3 is 5.73 Å². The smallest absolute Gasteiger partial charge is 0.158 e. The number of azo groups is 1. The Bertz CT molecular complexity index is 270. The zero-order valence-electron chi connectivity index (χ0n) is 9.18. The van der Waals surface area contributed by atoms with E-state index in [1.54, 1.807) is 0 Å². The molecule has 0 amide bonds. The first-order chi connectivity index (χ1) is 5.83. The molecule has 3 heteroatoms. The predicted octanol–water partition coefficient (Wildman–Crippen LogP) is 2.84. The maximum Gasteiger partial charge on any atom is 0.158 e. The summed E-state index contributed by atoms with van der Waals surface area (Å²) in [6.07, 6.45) is 0.923. The van der Waals surface area contributed by atoms with Crippen LogP contribution in [0.5, 0.6) is 0 Å². The van der Waals surface area contributed by atoms with Crippen molar-refractivity contribution in [3.05, 3.63) is 11.3 Å². The molecule has 0 fully saturated rings. The second-order valence-electron chi connectivity index (χ2n) is 4.63.